The first-order valence-corrected chi connectivity index (χ1v) is 13.2. The maximum atomic E-state index is 13.0. The third kappa shape index (κ3) is 5.68. The lowest BCUT2D eigenvalue weighted by Crippen LogP contribution is -2.38. The Morgan fingerprint density at radius 1 is 0.871 bits per heavy atom. The second kappa shape index (κ2) is 10.2. The molecule has 2 heterocycles. The zero-order valence-corrected chi connectivity index (χ0v) is 19.4. The Bertz CT molecular complexity index is 942. The Labute approximate surface area is 187 Å². The van der Waals surface area contributed by atoms with Gasteiger partial charge in [-0.2, -0.15) is 0 Å². The lowest BCUT2D eigenvalue weighted by atomic mass is 10.1. The van der Waals surface area contributed by atoms with Gasteiger partial charge in [0.15, 0.2) is 0 Å². The predicted octanol–water partition coefficient (Wildman–Crippen LogP) is 4.10. The summed E-state index contributed by atoms with van der Waals surface area (Å²) >= 11 is 0. The lowest BCUT2D eigenvalue weighted by Gasteiger charge is -2.27. The summed E-state index contributed by atoms with van der Waals surface area (Å²) in [5.74, 6) is 0.0771. The first kappa shape index (κ1) is 22.3. The number of rotatable bonds is 7. The van der Waals surface area contributed by atoms with Gasteiger partial charge in [0.2, 0.25) is 10.0 Å². The molecule has 1 atom stereocenters. The fourth-order valence-electron chi connectivity index (χ4n) is 4.93. The molecule has 2 aliphatic heterocycles. The van der Waals surface area contributed by atoms with Crippen molar-refractivity contribution in [1.82, 2.24) is 9.21 Å². The molecule has 2 aromatic rings. The molecule has 168 valence electrons. The van der Waals surface area contributed by atoms with Crippen molar-refractivity contribution in [2.24, 2.45) is 0 Å². The van der Waals surface area contributed by atoms with Gasteiger partial charge in [-0.25, -0.2) is 12.7 Å². The minimum absolute atomic E-state index is 0.0764. The summed E-state index contributed by atoms with van der Waals surface area (Å²) in [6.45, 7) is 5.22. The summed E-state index contributed by atoms with van der Waals surface area (Å²) in [6, 6.07) is 18.4. The van der Waals surface area contributed by atoms with E-state index in [-0.39, 0.29) is 11.8 Å². The molecule has 5 nitrogen and oxygen atoms in total. The van der Waals surface area contributed by atoms with Crippen LogP contribution in [0.1, 0.15) is 43.2 Å². The topological polar surface area (TPSA) is 43.9 Å². The molecular formula is C25H35N3O2S. The van der Waals surface area contributed by atoms with E-state index >= 15 is 0 Å². The van der Waals surface area contributed by atoms with Crippen LogP contribution in [0.25, 0.3) is 0 Å². The van der Waals surface area contributed by atoms with E-state index in [0.29, 0.717) is 0 Å². The van der Waals surface area contributed by atoms with Gasteiger partial charge in [-0.15, -0.1) is 0 Å². The van der Waals surface area contributed by atoms with Crippen LogP contribution in [0.15, 0.2) is 54.6 Å². The quantitative estimate of drug-likeness (QED) is 0.649. The van der Waals surface area contributed by atoms with Gasteiger partial charge in [-0.1, -0.05) is 48.5 Å². The van der Waals surface area contributed by atoms with Crippen molar-refractivity contribution in [3.05, 3.63) is 65.7 Å². The number of likely N-dealkylation sites (tertiary alicyclic amines) is 1. The SMILES string of the molecule is CN([C@@H]1CCCN(Cc2ccccc2N2CCCC2)CC1)S(=O)(=O)Cc1ccccc1. The zero-order chi connectivity index (χ0) is 21.7. The van der Waals surface area contributed by atoms with Crippen LogP contribution in [0.5, 0.6) is 0 Å². The molecule has 6 heteroatoms. The van der Waals surface area contributed by atoms with Gasteiger partial charge >= 0.3 is 0 Å². The van der Waals surface area contributed by atoms with E-state index in [0.717, 1.165) is 57.5 Å². The summed E-state index contributed by atoms with van der Waals surface area (Å²) in [6.07, 6.45) is 5.40. The average Bonchev–Trinajstić information content (AvgIpc) is 3.21. The summed E-state index contributed by atoms with van der Waals surface area (Å²) in [7, 11) is -1.55. The monoisotopic (exact) mass is 441 g/mol. The second-order valence-electron chi connectivity index (χ2n) is 8.94. The van der Waals surface area contributed by atoms with Crippen molar-refractivity contribution in [1.29, 1.82) is 0 Å². The van der Waals surface area contributed by atoms with Crippen molar-refractivity contribution in [3.63, 3.8) is 0 Å². The number of sulfonamides is 1. The van der Waals surface area contributed by atoms with E-state index in [1.54, 1.807) is 11.4 Å². The largest absolute Gasteiger partial charge is 0.371 e. The normalized spacial score (nSPS) is 20.8. The van der Waals surface area contributed by atoms with Crippen LogP contribution >= 0.6 is 0 Å². The molecule has 2 aromatic carbocycles. The molecule has 0 N–H and O–H groups in total. The highest BCUT2D eigenvalue weighted by atomic mass is 32.2. The van der Waals surface area contributed by atoms with E-state index in [1.165, 1.54) is 24.1 Å². The van der Waals surface area contributed by atoms with Crippen LogP contribution in [0.3, 0.4) is 0 Å². The molecule has 2 saturated heterocycles. The smallest absolute Gasteiger partial charge is 0.218 e. The number of nitrogens with zero attached hydrogens (tertiary/aromatic N) is 3. The molecule has 0 spiro atoms. The Kier molecular flexibility index (Phi) is 7.31. The van der Waals surface area contributed by atoms with Gasteiger partial charge in [0.1, 0.15) is 0 Å². The average molecular weight is 442 g/mol. The molecule has 31 heavy (non-hydrogen) atoms. The van der Waals surface area contributed by atoms with Crippen LogP contribution in [0, 0.1) is 0 Å². The van der Waals surface area contributed by atoms with Crippen molar-refractivity contribution in [2.45, 2.75) is 50.4 Å². The minimum atomic E-state index is -3.32. The summed E-state index contributed by atoms with van der Waals surface area (Å²) in [4.78, 5) is 5.02. The second-order valence-corrected chi connectivity index (χ2v) is 11.0. The van der Waals surface area contributed by atoms with Crippen LogP contribution in [0.2, 0.25) is 0 Å². The van der Waals surface area contributed by atoms with Crippen LogP contribution in [-0.2, 0) is 22.3 Å². The Hall–Kier alpha value is -1.89. The van der Waals surface area contributed by atoms with E-state index < -0.39 is 10.0 Å². The molecule has 0 bridgehead atoms. The van der Waals surface area contributed by atoms with Crippen LogP contribution < -0.4 is 4.90 Å². The van der Waals surface area contributed by atoms with Gasteiger partial charge in [0, 0.05) is 45.0 Å². The fourth-order valence-corrected chi connectivity index (χ4v) is 6.41. The highest BCUT2D eigenvalue weighted by Crippen LogP contribution is 2.27. The molecular weight excluding hydrogens is 406 g/mol. The molecule has 0 unspecified atom stereocenters. The van der Waals surface area contributed by atoms with Crippen molar-refractivity contribution < 1.29 is 8.42 Å². The minimum Gasteiger partial charge on any atom is -0.371 e. The molecule has 0 radical (unpaired) electrons. The van der Waals surface area contributed by atoms with Gasteiger partial charge in [-0.05, 0) is 55.8 Å². The van der Waals surface area contributed by atoms with Gasteiger partial charge in [-0.3, -0.25) is 4.90 Å². The van der Waals surface area contributed by atoms with Crippen LogP contribution in [-0.4, -0.2) is 56.9 Å². The first-order chi connectivity index (χ1) is 15.0. The lowest BCUT2D eigenvalue weighted by molar-refractivity contribution is 0.266. The Morgan fingerprint density at radius 2 is 1.58 bits per heavy atom. The first-order valence-electron chi connectivity index (χ1n) is 11.6. The number of benzene rings is 2. The van der Waals surface area contributed by atoms with Gasteiger partial charge in [0.25, 0.3) is 0 Å². The highest BCUT2D eigenvalue weighted by Gasteiger charge is 2.29. The molecule has 4 rings (SSSR count). The van der Waals surface area contributed by atoms with Crippen molar-refractivity contribution >= 4 is 15.7 Å². The zero-order valence-electron chi connectivity index (χ0n) is 18.6. The molecule has 0 saturated carbocycles. The predicted molar refractivity (Wildman–Crippen MR) is 128 cm³/mol. The van der Waals surface area contributed by atoms with E-state index in [4.69, 9.17) is 0 Å². The molecule has 0 amide bonds. The van der Waals surface area contributed by atoms with Gasteiger partial charge < -0.3 is 4.90 Å². The fraction of sp³-hybridized carbons (Fsp3) is 0.520. The molecule has 0 aromatic heterocycles. The molecule has 2 aliphatic rings. The number of anilines is 1. The van der Waals surface area contributed by atoms with Crippen molar-refractivity contribution in [2.75, 3.05) is 38.1 Å². The third-order valence-corrected chi connectivity index (χ3v) is 8.64. The number of hydrogen-bond donors (Lipinski definition) is 0. The molecule has 2 fully saturated rings. The van der Waals surface area contributed by atoms with E-state index in [2.05, 4.69) is 34.1 Å². The summed E-state index contributed by atoms with van der Waals surface area (Å²) in [5, 5.41) is 0. The Morgan fingerprint density at radius 3 is 2.35 bits per heavy atom. The van der Waals surface area contributed by atoms with Crippen molar-refractivity contribution in [3.8, 4) is 0 Å². The highest BCUT2D eigenvalue weighted by molar-refractivity contribution is 7.88. The molecule has 0 aliphatic carbocycles. The van der Waals surface area contributed by atoms with Crippen LogP contribution in [0.4, 0.5) is 5.69 Å². The van der Waals surface area contributed by atoms with Gasteiger partial charge in [0.05, 0.1) is 5.75 Å². The third-order valence-electron chi connectivity index (χ3n) is 6.77. The van der Waals surface area contributed by atoms with E-state index in [1.807, 2.05) is 30.3 Å². The number of hydrogen-bond acceptors (Lipinski definition) is 4. The maximum Gasteiger partial charge on any atom is 0.218 e. The summed E-state index contributed by atoms with van der Waals surface area (Å²) < 4.78 is 27.6. The number of para-hydroxylation sites is 1. The standard InChI is InChI=1S/C25H35N3O2S/c1-26(31(29,30)21-22-10-3-2-4-11-22)24-13-9-16-27(19-15-24)20-23-12-5-6-14-25(23)28-17-7-8-18-28/h2-6,10-12,14,24H,7-9,13,15-21H2,1H3/t24-/m1/s1. The maximum absolute atomic E-state index is 13.0. The summed E-state index contributed by atoms with van der Waals surface area (Å²) in [5.41, 5.74) is 3.62. The van der Waals surface area contributed by atoms with E-state index in [9.17, 15) is 8.42 Å². The Balaban J connectivity index is 1.37.